The Morgan fingerprint density at radius 1 is 0.919 bits per heavy atom. The van der Waals surface area contributed by atoms with Crippen molar-refractivity contribution in [2.75, 3.05) is 38.2 Å². The number of nitrogens with zero attached hydrogens (tertiary/aromatic N) is 2. The molecule has 1 aliphatic carbocycles. The van der Waals surface area contributed by atoms with Gasteiger partial charge in [-0.3, -0.25) is 4.90 Å². The summed E-state index contributed by atoms with van der Waals surface area (Å²) in [6, 6.07) is 19.6. The van der Waals surface area contributed by atoms with Gasteiger partial charge in [-0.25, -0.2) is 9.18 Å². The van der Waals surface area contributed by atoms with E-state index in [0.29, 0.717) is 16.6 Å². The molecule has 3 aromatic carbocycles. The fourth-order valence-corrected chi connectivity index (χ4v) is 5.79. The largest absolute Gasteiger partial charge is 0.465 e. The van der Waals surface area contributed by atoms with Crippen LogP contribution in [0, 0.1) is 5.82 Å². The molecule has 0 spiro atoms. The number of benzene rings is 3. The van der Waals surface area contributed by atoms with Gasteiger partial charge in [-0.05, 0) is 96.5 Å². The summed E-state index contributed by atoms with van der Waals surface area (Å²) in [6.07, 6.45) is 1.49. The number of aryl methyl sites for hydroxylation is 1. The highest BCUT2D eigenvalue weighted by atomic mass is 35.5. The lowest BCUT2D eigenvalue weighted by molar-refractivity contribution is 0.0600. The maximum absolute atomic E-state index is 13.9. The quantitative estimate of drug-likeness (QED) is 0.352. The summed E-state index contributed by atoms with van der Waals surface area (Å²) in [5.74, 6) is -0.695. The third-order valence-electron chi connectivity index (χ3n) is 7.56. The molecule has 2 aliphatic rings. The van der Waals surface area contributed by atoms with Crippen molar-refractivity contribution in [3.8, 4) is 0 Å². The van der Waals surface area contributed by atoms with Gasteiger partial charge in [0, 0.05) is 37.9 Å². The Hall–Kier alpha value is -3.15. The van der Waals surface area contributed by atoms with Gasteiger partial charge in [0.1, 0.15) is 5.82 Å². The molecule has 1 saturated heterocycles. The molecule has 0 aromatic heterocycles. The highest BCUT2D eigenvalue weighted by molar-refractivity contribution is 6.32. The highest BCUT2D eigenvalue weighted by Gasteiger charge is 2.25. The number of carbonyl (C=O) groups is 1. The summed E-state index contributed by atoms with van der Waals surface area (Å²) < 4.78 is 18.8. The van der Waals surface area contributed by atoms with E-state index in [-0.39, 0.29) is 11.8 Å². The zero-order chi connectivity index (χ0) is 26.1. The van der Waals surface area contributed by atoms with Crippen molar-refractivity contribution in [2.45, 2.75) is 32.7 Å². The second-order valence-electron chi connectivity index (χ2n) is 10.0. The molecule has 0 bridgehead atoms. The Morgan fingerprint density at radius 3 is 2.27 bits per heavy atom. The molecular weight excluding hydrogens is 487 g/mol. The van der Waals surface area contributed by atoms with E-state index in [4.69, 9.17) is 16.3 Å². The number of allylic oxidation sites excluding steroid dienone is 1. The number of rotatable bonds is 5. The molecule has 0 unspecified atom stereocenters. The predicted octanol–water partition coefficient (Wildman–Crippen LogP) is 6.70. The first kappa shape index (κ1) is 25.5. The maximum atomic E-state index is 13.9. The Kier molecular flexibility index (Phi) is 7.36. The van der Waals surface area contributed by atoms with Crippen molar-refractivity contribution in [1.29, 1.82) is 0 Å². The minimum absolute atomic E-state index is 0.345. The third kappa shape index (κ3) is 5.16. The fraction of sp³-hybridized carbons (Fsp3) is 0.323. The van der Waals surface area contributed by atoms with Gasteiger partial charge >= 0.3 is 5.97 Å². The number of anilines is 1. The van der Waals surface area contributed by atoms with Crippen LogP contribution in [0.25, 0.3) is 11.1 Å². The van der Waals surface area contributed by atoms with E-state index in [9.17, 15) is 9.18 Å². The highest BCUT2D eigenvalue weighted by Crippen LogP contribution is 2.43. The third-order valence-corrected chi connectivity index (χ3v) is 7.88. The van der Waals surface area contributed by atoms with Gasteiger partial charge in [0.05, 0.1) is 17.7 Å². The lowest BCUT2D eigenvalue weighted by atomic mass is 9.79. The van der Waals surface area contributed by atoms with Crippen LogP contribution in [0.15, 0.2) is 60.7 Å². The van der Waals surface area contributed by atoms with Crippen molar-refractivity contribution < 1.29 is 13.9 Å². The van der Waals surface area contributed by atoms with Crippen LogP contribution in [0.1, 0.15) is 52.9 Å². The van der Waals surface area contributed by atoms with Gasteiger partial charge < -0.3 is 9.64 Å². The van der Waals surface area contributed by atoms with Gasteiger partial charge in [0.2, 0.25) is 0 Å². The number of methoxy groups -OCH3 is 1. The van der Waals surface area contributed by atoms with Crippen LogP contribution >= 0.6 is 11.6 Å². The smallest absolute Gasteiger partial charge is 0.337 e. The van der Waals surface area contributed by atoms with Crippen molar-refractivity contribution >= 4 is 34.4 Å². The number of esters is 1. The Bertz CT molecular complexity index is 1340. The number of halogens is 2. The molecule has 4 nitrogen and oxygen atoms in total. The van der Waals surface area contributed by atoms with E-state index in [1.54, 1.807) is 6.07 Å². The van der Waals surface area contributed by atoms with Crippen LogP contribution in [0.4, 0.5) is 10.1 Å². The molecule has 0 N–H and O–H groups in total. The maximum Gasteiger partial charge on any atom is 0.337 e. The molecule has 192 valence electrons. The van der Waals surface area contributed by atoms with E-state index in [0.717, 1.165) is 72.4 Å². The topological polar surface area (TPSA) is 32.8 Å². The molecular formula is C31H32ClFN2O2. The normalized spacial score (nSPS) is 16.2. The van der Waals surface area contributed by atoms with Crippen molar-refractivity contribution in [3.63, 3.8) is 0 Å². The van der Waals surface area contributed by atoms with Crippen LogP contribution in [0.2, 0.25) is 5.02 Å². The zero-order valence-corrected chi connectivity index (χ0v) is 22.3. The molecule has 1 aliphatic heterocycles. The van der Waals surface area contributed by atoms with E-state index in [2.05, 4.69) is 47.9 Å². The van der Waals surface area contributed by atoms with Crippen molar-refractivity contribution in [2.24, 2.45) is 0 Å². The van der Waals surface area contributed by atoms with Crippen molar-refractivity contribution in [3.05, 3.63) is 99.3 Å². The first-order valence-corrected chi connectivity index (χ1v) is 13.2. The lowest BCUT2D eigenvalue weighted by Crippen LogP contribution is -2.48. The first-order valence-electron chi connectivity index (χ1n) is 12.9. The second kappa shape index (κ2) is 10.7. The summed E-state index contributed by atoms with van der Waals surface area (Å²) in [5.41, 5.74) is 7.98. The van der Waals surface area contributed by atoms with E-state index in [1.165, 1.54) is 24.9 Å². The number of hydrogen-bond acceptors (Lipinski definition) is 4. The van der Waals surface area contributed by atoms with Crippen LogP contribution in [0.3, 0.4) is 0 Å². The number of hydrogen-bond donors (Lipinski definition) is 0. The summed E-state index contributed by atoms with van der Waals surface area (Å²) in [7, 11) is 1.39. The van der Waals surface area contributed by atoms with Gasteiger partial charge in [-0.1, -0.05) is 35.9 Å². The molecule has 1 fully saturated rings. The van der Waals surface area contributed by atoms with Crippen LogP contribution in [-0.2, 0) is 11.2 Å². The van der Waals surface area contributed by atoms with Crippen LogP contribution in [-0.4, -0.2) is 50.2 Å². The van der Waals surface area contributed by atoms with Crippen LogP contribution in [0.5, 0.6) is 0 Å². The van der Waals surface area contributed by atoms with Crippen molar-refractivity contribution in [1.82, 2.24) is 4.90 Å². The molecule has 0 amide bonds. The molecule has 5 rings (SSSR count). The second-order valence-corrected chi connectivity index (χ2v) is 10.4. The first-order chi connectivity index (χ1) is 17.9. The fourth-order valence-electron chi connectivity index (χ4n) is 5.51. The van der Waals surface area contributed by atoms with Crippen LogP contribution < -0.4 is 4.90 Å². The minimum Gasteiger partial charge on any atom is -0.465 e. The van der Waals surface area contributed by atoms with Gasteiger partial charge in [-0.15, -0.1) is 0 Å². The Labute approximate surface area is 223 Å². The number of piperazine rings is 1. The molecule has 0 atom stereocenters. The van der Waals surface area contributed by atoms with Gasteiger partial charge in [0.25, 0.3) is 0 Å². The van der Waals surface area contributed by atoms with E-state index < -0.39 is 0 Å². The monoisotopic (exact) mass is 518 g/mol. The number of ether oxygens (including phenoxy) is 1. The van der Waals surface area contributed by atoms with E-state index in [1.807, 2.05) is 18.2 Å². The Morgan fingerprint density at radius 2 is 1.62 bits per heavy atom. The zero-order valence-electron chi connectivity index (χ0n) is 21.6. The van der Waals surface area contributed by atoms with E-state index >= 15 is 0 Å². The SMILES string of the molecule is COC(=O)c1ccc2c(c1)CCC(c1ccc(F)cc1Cl)=C2c1ccc(N2CCN(C(C)C)CC2)cc1. The average molecular weight is 519 g/mol. The summed E-state index contributed by atoms with van der Waals surface area (Å²) in [5, 5.41) is 0.404. The summed E-state index contributed by atoms with van der Waals surface area (Å²) in [4.78, 5) is 17.1. The minimum atomic E-state index is -0.350. The molecule has 1 heterocycles. The van der Waals surface area contributed by atoms with Gasteiger partial charge in [-0.2, -0.15) is 0 Å². The molecule has 37 heavy (non-hydrogen) atoms. The lowest BCUT2D eigenvalue weighted by Gasteiger charge is -2.38. The average Bonchev–Trinajstić information content (AvgIpc) is 2.92. The summed E-state index contributed by atoms with van der Waals surface area (Å²) in [6.45, 7) is 8.64. The molecule has 6 heteroatoms. The Balaban J connectivity index is 1.55. The summed E-state index contributed by atoms with van der Waals surface area (Å²) >= 11 is 6.54. The standard InChI is InChI=1S/C31H32ClFN2O2/c1-20(2)34-14-16-35(17-15-34)25-9-4-21(5-10-25)30-26-11-7-23(31(36)37-3)18-22(26)6-12-28(30)27-13-8-24(33)19-29(27)32/h4-5,7-11,13,18-20H,6,12,14-17H2,1-3H3. The van der Waals surface area contributed by atoms with Gasteiger partial charge in [0.15, 0.2) is 0 Å². The molecule has 0 saturated carbocycles. The molecule has 0 radical (unpaired) electrons. The predicted molar refractivity (Wildman–Crippen MR) is 149 cm³/mol. The number of carbonyl (C=O) groups excluding carboxylic acids is 1. The molecule has 3 aromatic rings. The number of fused-ring (bicyclic) bond motifs is 1.